The number of aryl methyl sites for hydroxylation is 1. The quantitative estimate of drug-likeness (QED) is 0.288. The summed E-state index contributed by atoms with van der Waals surface area (Å²) in [4.78, 5) is 17.2. The van der Waals surface area contributed by atoms with Crippen LogP contribution in [0.2, 0.25) is 0 Å². The van der Waals surface area contributed by atoms with Crippen molar-refractivity contribution in [2.75, 3.05) is 17.2 Å². The molecular formula is C27H29FN6O2. The van der Waals surface area contributed by atoms with Gasteiger partial charge in [-0.25, -0.2) is 13.9 Å². The Labute approximate surface area is 208 Å². The van der Waals surface area contributed by atoms with Gasteiger partial charge in [0.25, 0.3) is 5.91 Å². The predicted molar refractivity (Wildman–Crippen MR) is 138 cm³/mol. The number of carbonyl (C=O) groups excluding carboxylic acids is 1. The van der Waals surface area contributed by atoms with Crippen LogP contribution in [0.3, 0.4) is 0 Å². The predicted octanol–water partition coefficient (Wildman–Crippen LogP) is 4.66. The lowest BCUT2D eigenvalue weighted by molar-refractivity contribution is 0.0940. The molecule has 1 fully saturated rings. The first-order valence-corrected chi connectivity index (χ1v) is 12.0. The lowest BCUT2D eigenvalue weighted by Gasteiger charge is -2.19. The van der Waals surface area contributed by atoms with Crippen molar-refractivity contribution in [3.63, 3.8) is 0 Å². The van der Waals surface area contributed by atoms with E-state index in [2.05, 4.69) is 20.9 Å². The normalized spacial score (nSPS) is 13.6. The summed E-state index contributed by atoms with van der Waals surface area (Å²) in [7, 11) is 0. The Balaban J connectivity index is 1.53. The maximum Gasteiger partial charge on any atom is 0.251 e. The molecule has 2 aromatic heterocycles. The van der Waals surface area contributed by atoms with Crippen molar-refractivity contribution in [2.45, 2.75) is 45.3 Å². The molecule has 1 aliphatic rings. The number of rotatable bonds is 8. The molecule has 0 bridgehead atoms. The molecule has 36 heavy (non-hydrogen) atoms. The number of benzene rings is 2. The number of aliphatic hydroxyl groups is 1. The van der Waals surface area contributed by atoms with E-state index in [1.165, 1.54) is 12.1 Å². The van der Waals surface area contributed by atoms with Crippen molar-refractivity contribution in [1.82, 2.24) is 19.9 Å². The second-order valence-corrected chi connectivity index (χ2v) is 9.90. The summed E-state index contributed by atoms with van der Waals surface area (Å²) in [5.74, 6) is 0.142. The summed E-state index contributed by atoms with van der Waals surface area (Å²) in [5.41, 5.74) is 4.14. The number of hydrogen-bond donors (Lipinski definition) is 4. The summed E-state index contributed by atoms with van der Waals surface area (Å²) in [5, 5.41) is 24.5. The third-order valence-electron chi connectivity index (χ3n) is 5.98. The molecule has 0 saturated heterocycles. The van der Waals surface area contributed by atoms with E-state index < -0.39 is 5.60 Å². The lowest BCUT2D eigenvalue weighted by atomic mass is 10.0. The Morgan fingerprint density at radius 2 is 1.92 bits per heavy atom. The molecule has 1 saturated carbocycles. The highest BCUT2D eigenvalue weighted by molar-refractivity contribution is 5.96. The van der Waals surface area contributed by atoms with Crippen LogP contribution in [0.25, 0.3) is 16.9 Å². The van der Waals surface area contributed by atoms with Crippen LogP contribution in [-0.4, -0.2) is 43.8 Å². The molecule has 8 nitrogen and oxygen atoms in total. The minimum atomic E-state index is -0.936. The van der Waals surface area contributed by atoms with Crippen LogP contribution < -0.4 is 16.0 Å². The minimum absolute atomic E-state index is 0.0540. The van der Waals surface area contributed by atoms with E-state index >= 15 is 0 Å². The fourth-order valence-corrected chi connectivity index (χ4v) is 3.92. The van der Waals surface area contributed by atoms with Gasteiger partial charge in [0.1, 0.15) is 5.82 Å². The second-order valence-electron chi connectivity index (χ2n) is 9.90. The molecule has 0 atom stereocenters. The van der Waals surface area contributed by atoms with Gasteiger partial charge in [-0.05, 0) is 75.6 Å². The van der Waals surface area contributed by atoms with Gasteiger partial charge in [0.15, 0.2) is 11.5 Å². The first-order chi connectivity index (χ1) is 17.2. The van der Waals surface area contributed by atoms with Gasteiger partial charge in [-0.2, -0.15) is 0 Å². The number of imidazole rings is 1. The summed E-state index contributed by atoms with van der Waals surface area (Å²) < 4.78 is 15.1. The molecule has 0 aliphatic heterocycles. The Morgan fingerprint density at radius 1 is 1.17 bits per heavy atom. The maximum atomic E-state index is 13.4. The average molecular weight is 489 g/mol. The van der Waals surface area contributed by atoms with Crippen LogP contribution >= 0.6 is 0 Å². The van der Waals surface area contributed by atoms with Crippen molar-refractivity contribution < 1.29 is 14.3 Å². The molecule has 4 aromatic rings. The van der Waals surface area contributed by atoms with E-state index in [4.69, 9.17) is 5.10 Å². The zero-order valence-electron chi connectivity index (χ0n) is 20.5. The van der Waals surface area contributed by atoms with E-state index in [1.807, 2.05) is 25.1 Å². The van der Waals surface area contributed by atoms with Crippen LogP contribution in [0.5, 0.6) is 0 Å². The van der Waals surface area contributed by atoms with E-state index in [0.717, 1.165) is 29.7 Å². The van der Waals surface area contributed by atoms with Gasteiger partial charge >= 0.3 is 0 Å². The van der Waals surface area contributed by atoms with Crippen molar-refractivity contribution in [3.8, 4) is 11.3 Å². The Bertz CT molecular complexity index is 1420. The highest BCUT2D eigenvalue weighted by atomic mass is 19.1. The molecule has 4 N–H and O–H groups in total. The largest absolute Gasteiger partial charge is 0.389 e. The number of fused-ring (bicyclic) bond motifs is 1. The highest BCUT2D eigenvalue weighted by Crippen LogP contribution is 2.29. The first kappa shape index (κ1) is 23.7. The fraction of sp³-hybridized carbons (Fsp3) is 0.296. The minimum Gasteiger partial charge on any atom is -0.389 e. The number of hydrogen-bond acceptors (Lipinski definition) is 6. The molecule has 5 rings (SSSR count). The number of carbonyl (C=O) groups is 1. The monoisotopic (exact) mass is 488 g/mol. The SMILES string of the molecule is Cc1cc(-c2cnc3c(NCC(C)(C)O)cc(Nc4ccc(F)cc4)nn23)ccc1C(=O)NC1CC1. The van der Waals surface area contributed by atoms with Gasteiger partial charge in [-0.1, -0.05) is 6.07 Å². The fourth-order valence-electron chi connectivity index (χ4n) is 3.92. The van der Waals surface area contributed by atoms with Crippen LogP contribution in [0.15, 0.2) is 54.7 Å². The van der Waals surface area contributed by atoms with Gasteiger partial charge in [0, 0.05) is 35.5 Å². The molecule has 186 valence electrons. The summed E-state index contributed by atoms with van der Waals surface area (Å²) in [6.45, 7) is 5.65. The molecule has 1 aliphatic carbocycles. The van der Waals surface area contributed by atoms with E-state index in [0.29, 0.717) is 41.0 Å². The number of nitrogens with one attached hydrogen (secondary N) is 3. The highest BCUT2D eigenvalue weighted by Gasteiger charge is 2.24. The Kier molecular flexibility index (Phi) is 6.09. The number of aromatic nitrogens is 3. The Morgan fingerprint density at radius 3 is 2.58 bits per heavy atom. The smallest absolute Gasteiger partial charge is 0.251 e. The van der Waals surface area contributed by atoms with Gasteiger partial charge in [0.05, 0.1) is 23.2 Å². The molecule has 2 heterocycles. The third kappa shape index (κ3) is 5.31. The number of amides is 1. The van der Waals surface area contributed by atoms with Crippen LogP contribution in [0.1, 0.15) is 42.6 Å². The van der Waals surface area contributed by atoms with Crippen LogP contribution in [0, 0.1) is 12.7 Å². The zero-order valence-corrected chi connectivity index (χ0v) is 20.5. The average Bonchev–Trinajstić information content (AvgIpc) is 3.53. The van der Waals surface area contributed by atoms with E-state index in [1.54, 1.807) is 42.8 Å². The van der Waals surface area contributed by atoms with Gasteiger partial charge in [-0.15, -0.1) is 5.10 Å². The third-order valence-corrected chi connectivity index (χ3v) is 5.98. The number of nitrogens with zero attached hydrogens (tertiary/aromatic N) is 3. The molecule has 1 amide bonds. The molecule has 0 unspecified atom stereocenters. The zero-order chi connectivity index (χ0) is 25.4. The summed E-state index contributed by atoms with van der Waals surface area (Å²) >= 11 is 0. The van der Waals surface area contributed by atoms with Crippen LogP contribution in [-0.2, 0) is 0 Å². The molecule has 9 heteroatoms. The van der Waals surface area contributed by atoms with Gasteiger partial charge < -0.3 is 21.1 Å². The first-order valence-electron chi connectivity index (χ1n) is 12.0. The second kappa shape index (κ2) is 9.23. The maximum absolute atomic E-state index is 13.4. The van der Waals surface area contributed by atoms with E-state index in [-0.39, 0.29) is 11.7 Å². The summed E-state index contributed by atoms with van der Waals surface area (Å²) in [6.07, 6.45) is 3.81. The van der Waals surface area contributed by atoms with Gasteiger partial charge in [-0.3, -0.25) is 4.79 Å². The lowest BCUT2D eigenvalue weighted by Crippen LogP contribution is -2.29. The topological polar surface area (TPSA) is 104 Å². The standard InChI is InChI=1S/C27H29FN6O2/c1-16-12-17(4-11-21(16)26(35)32-20-9-10-20)23-14-29-25-22(30-15-27(2,3)36)13-24(33-34(23)25)31-19-7-5-18(28)6-8-19/h4-8,11-14,20,30,36H,9-10,15H2,1-3H3,(H,31,33)(H,32,35). The van der Waals surface area contributed by atoms with Crippen molar-refractivity contribution in [1.29, 1.82) is 0 Å². The molecule has 2 aromatic carbocycles. The summed E-state index contributed by atoms with van der Waals surface area (Å²) in [6, 6.07) is 13.8. The number of halogens is 1. The van der Waals surface area contributed by atoms with Crippen LogP contribution in [0.4, 0.5) is 21.6 Å². The number of anilines is 3. The molecule has 0 radical (unpaired) electrons. The van der Waals surface area contributed by atoms with Gasteiger partial charge in [0.2, 0.25) is 0 Å². The Hall–Kier alpha value is -3.98. The van der Waals surface area contributed by atoms with Crippen molar-refractivity contribution in [3.05, 3.63) is 71.7 Å². The van der Waals surface area contributed by atoms with E-state index in [9.17, 15) is 14.3 Å². The molecule has 0 spiro atoms. The van der Waals surface area contributed by atoms with Crippen molar-refractivity contribution >= 4 is 28.7 Å². The molecular weight excluding hydrogens is 459 g/mol. The van der Waals surface area contributed by atoms with Crippen molar-refractivity contribution in [2.24, 2.45) is 0 Å².